The maximum atomic E-state index is 12.7. The molecule has 0 spiro atoms. The minimum atomic E-state index is -4.78. The van der Waals surface area contributed by atoms with Crippen molar-refractivity contribution in [3.63, 3.8) is 0 Å². The van der Waals surface area contributed by atoms with E-state index in [1.807, 2.05) is 0 Å². The van der Waals surface area contributed by atoms with Crippen LogP contribution in [-0.2, 0) is 9.59 Å². The van der Waals surface area contributed by atoms with Gasteiger partial charge in [-0.1, -0.05) is 11.3 Å². The van der Waals surface area contributed by atoms with Crippen LogP contribution in [-0.4, -0.2) is 54.2 Å². The summed E-state index contributed by atoms with van der Waals surface area (Å²) in [5.74, 6) is -0.854. The Balaban J connectivity index is 1.73. The first-order valence-corrected chi connectivity index (χ1v) is 9.50. The number of hydrogen-bond donors (Lipinski definition) is 2. The number of aromatic nitrogens is 1. The van der Waals surface area contributed by atoms with Crippen molar-refractivity contribution in [3.8, 4) is 5.75 Å². The molecule has 2 amide bonds. The van der Waals surface area contributed by atoms with E-state index in [9.17, 15) is 22.8 Å². The lowest BCUT2D eigenvalue weighted by Crippen LogP contribution is -2.52. The lowest BCUT2D eigenvalue weighted by atomic mass is 10.0. The SMILES string of the molecule is CNCC(=O)N1CCCC[C@@H]1C(=O)Nc1nc2ccc(OC(F)(F)F)cc2s1. The Morgan fingerprint density at radius 3 is 2.86 bits per heavy atom. The Morgan fingerprint density at radius 2 is 2.14 bits per heavy atom. The molecule has 0 saturated carbocycles. The van der Waals surface area contributed by atoms with Crippen molar-refractivity contribution in [1.82, 2.24) is 15.2 Å². The fraction of sp³-hybridized carbons (Fsp3) is 0.471. The topological polar surface area (TPSA) is 83.6 Å². The lowest BCUT2D eigenvalue weighted by molar-refractivity contribution is -0.274. The molecule has 1 atom stereocenters. The number of anilines is 1. The number of halogens is 3. The van der Waals surface area contributed by atoms with Gasteiger partial charge in [0.2, 0.25) is 11.8 Å². The second kappa shape index (κ2) is 8.31. The summed E-state index contributed by atoms with van der Waals surface area (Å²) in [5.41, 5.74) is 0.446. The molecule has 1 aromatic carbocycles. The Bertz CT molecular complexity index is 871. The molecule has 7 nitrogen and oxygen atoms in total. The number of rotatable bonds is 5. The molecule has 0 aliphatic carbocycles. The van der Waals surface area contributed by atoms with Gasteiger partial charge in [0.1, 0.15) is 11.8 Å². The first-order valence-electron chi connectivity index (χ1n) is 8.68. The molecule has 0 radical (unpaired) electrons. The summed E-state index contributed by atoms with van der Waals surface area (Å²) in [4.78, 5) is 30.7. The van der Waals surface area contributed by atoms with Crippen LogP contribution in [0.1, 0.15) is 19.3 Å². The molecule has 2 N–H and O–H groups in total. The van der Waals surface area contributed by atoms with Crippen molar-refractivity contribution < 1.29 is 27.5 Å². The Morgan fingerprint density at radius 1 is 1.36 bits per heavy atom. The summed E-state index contributed by atoms with van der Waals surface area (Å²) in [7, 11) is 1.66. The van der Waals surface area contributed by atoms with Gasteiger partial charge in [0, 0.05) is 12.6 Å². The first kappa shape index (κ1) is 20.3. The van der Waals surface area contributed by atoms with Crippen molar-refractivity contribution >= 4 is 38.5 Å². The molecule has 28 heavy (non-hydrogen) atoms. The van der Waals surface area contributed by atoms with Gasteiger partial charge in [-0.25, -0.2) is 4.98 Å². The number of nitrogens with one attached hydrogen (secondary N) is 2. The van der Waals surface area contributed by atoms with Crippen LogP contribution in [0.5, 0.6) is 5.75 Å². The second-order valence-electron chi connectivity index (χ2n) is 6.31. The molecule has 0 bridgehead atoms. The van der Waals surface area contributed by atoms with Crippen LogP contribution in [0.15, 0.2) is 18.2 Å². The Kier molecular flexibility index (Phi) is 6.04. The molecule has 1 aliphatic rings. The van der Waals surface area contributed by atoms with E-state index in [1.54, 1.807) is 11.9 Å². The van der Waals surface area contributed by atoms with Crippen LogP contribution in [0, 0.1) is 0 Å². The van der Waals surface area contributed by atoms with Gasteiger partial charge in [-0.3, -0.25) is 9.59 Å². The minimum Gasteiger partial charge on any atom is -0.406 e. The number of fused-ring (bicyclic) bond motifs is 1. The van der Waals surface area contributed by atoms with Crippen LogP contribution in [0.4, 0.5) is 18.3 Å². The van der Waals surface area contributed by atoms with Crippen LogP contribution >= 0.6 is 11.3 Å². The molecular formula is C17H19F3N4O3S. The predicted octanol–water partition coefficient (Wildman–Crippen LogP) is 2.73. The van der Waals surface area contributed by atoms with Gasteiger partial charge in [0.05, 0.1) is 16.8 Å². The van der Waals surface area contributed by atoms with Crippen LogP contribution < -0.4 is 15.4 Å². The molecule has 3 rings (SSSR count). The van der Waals surface area contributed by atoms with Crippen molar-refractivity contribution in [2.45, 2.75) is 31.7 Å². The zero-order chi connectivity index (χ0) is 20.3. The van der Waals surface area contributed by atoms with Crippen LogP contribution in [0.2, 0.25) is 0 Å². The van der Waals surface area contributed by atoms with Crippen molar-refractivity contribution in [3.05, 3.63) is 18.2 Å². The van der Waals surface area contributed by atoms with E-state index >= 15 is 0 Å². The highest BCUT2D eigenvalue weighted by molar-refractivity contribution is 7.22. The monoisotopic (exact) mass is 416 g/mol. The van der Waals surface area contributed by atoms with E-state index in [2.05, 4.69) is 20.4 Å². The maximum absolute atomic E-state index is 12.7. The quantitative estimate of drug-likeness (QED) is 0.783. The third-order valence-electron chi connectivity index (χ3n) is 4.28. The summed E-state index contributed by atoms with van der Waals surface area (Å²) in [6.45, 7) is 0.656. The molecule has 11 heteroatoms. The third kappa shape index (κ3) is 4.90. The average molecular weight is 416 g/mol. The number of nitrogens with zero attached hydrogens (tertiary/aromatic N) is 2. The molecule has 2 heterocycles. The number of hydrogen-bond acceptors (Lipinski definition) is 6. The summed E-state index contributed by atoms with van der Waals surface area (Å²) < 4.78 is 41.4. The van der Waals surface area contributed by atoms with E-state index < -0.39 is 12.4 Å². The number of carbonyl (C=O) groups excluding carboxylic acids is 2. The standard InChI is InChI=1S/C17H19F3N4O3S/c1-21-9-14(25)24-7-3-2-4-12(24)15(26)23-16-22-11-6-5-10(8-13(11)28-16)27-17(18,19)20/h5-6,8,12,21H,2-4,7,9H2,1H3,(H,22,23,26)/t12-/m1/s1. The van der Waals surface area contributed by atoms with Gasteiger partial charge in [0.15, 0.2) is 5.13 Å². The molecular weight excluding hydrogens is 397 g/mol. The molecule has 1 aromatic heterocycles. The van der Waals surface area contributed by atoms with Crippen molar-refractivity contribution in [2.24, 2.45) is 0 Å². The second-order valence-corrected chi connectivity index (χ2v) is 7.35. The molecule has 1 saturated heterocycles. The minimum absolute atomic E-state index is 0.146. The zero-order valence-corrected chi connectivity index (χ0v) is 15.8. The van der Waals surface area contributed by atoms with E-state index in [1.165, 1.54) is 18.2 Å². The fourth-order valence-corrected chi connectivity index (χ4v) is 4.00. The van der Waals surface area contributed by atoms with Gasteiger partial charge >= 0.3 is 6.36 Å². The van der Waals surface area contributed by atoms with Crippen LogP contribution in [0.25, 0.3) is 10.2 Å². The Hall–Kier alpha value is -2.40. The van der Waals surface area contributed by atoms with E-state index in [-0.39, 0.29) is 29.2 Å². The van der Waals surface area contributed by atoms with Gasteiger partial charge < -0.3 is 20.3 Å². The van der Waals surface area contributed by atoms with Gasteiger partial charge in [-0.2, -0.15) is 0 Å². The summed E-state index contributed by atoms with van der Waals surface area (Å²) in [6, 6.07) is 3.19. The summed E-state index contributed by atoms with van der Waals surface area (Å²) in [5, 5.41) is 5.73. The molecule has 2 aromatic rings. The van der Waals surface area contributed by atoms with E-state index in [4.69, 9.17) is 0 Å². The number of thiazole rings is 1. The predicted molar refractivity (Wildman–Crippen MR) is 98.2 cm³/mol. The fourth-order valence-electron chi connectivity index (χ4n) is 3.10. The van der Waals surface area contributed by atoms with E-state index in [0.29, 0.717) is 23.2 Å². The number of alkyl halides is 3. The highest BCUT2D eigenvalue weighted by atomic mass is 32.1. The molecule has 1 aliphatic heterocycles. The number of likely N-dealkylation sites (tertiary alicyclic amines) is 1. The van der Waals surface area contributed by atoms with E-state index in [0.717, 1.165) is 24.2 Å². The normalized spacial score (nSPS) is 17.6. The number of carbonyl (C=O) groups is 2. The molecule has 1 fully saturated rings. The van der Waals surface area contributed by atoms with Crippen molar-refractivity contribution in [1.29, 1.82) is 0 Å². The number of piperidine rings is 1. The molecule has 152 valence electrons. The number of benzene rings is 1. The maximum Gasteiger partial charge on any atom is 0.573 e. The number of amides is 2. The zero-order valence-electron chi connectivity index (χ0n) is 15.0. The lowest BCUT2D eigenvalue weighted by Gasteiger charge is -2.34. The molecule has 0 unspecified atom stereocenters. The number of ether oxygens (including phenoxy) is 1. The van der Waals surface area contributed by atoms with Gasteiger partial charge in [0.25, 0.3) is 0 Å². The van der Waals surface area contributed by atoms with Crippen LogP contribution in [0.3, 0.4) is 0 Å². The van der Waals surface area contributed by atoms with Gasteiger partial charge in [-0.05, 0) is 38.4 Å². The summed E-state index contributed by atoms with van der Waals surface area (Å²) in [6.07, 6.45) is -2.56. The Labute approximate surface area is 162 Å². The largest absolute Gasteiger partial charge is 0.573 e. The highest BCUT2D eigenvalue weighted by Crippen LogP contribution is 2.32. The van der Waals surface area contributed by atoms with Crippen molar-refractivity contribution in [2.75, 3.05) is 25.5 Å². The van der Waals surface area contributed by atoms with Gasteiger partial charge in [-0.15, -0.1) is 13.2 Å². The number of likely N-dealkylation sites (N-methyl/N-ethyl adjacent to an activating group) is 1. The smallest absolute Gasteiger partial charge is 0.406 e. The first-order chi connectivity index (χ1) is 13.3. The third-order valence-corrected chi connectivity index (χ3v) is 5.21. The average Bonchev–Trinajstić information content (AvgIpc) is 3.02. The summed E-state index contributed by atoms with van der Waals surface area (Å²) >= 11 is 1.04. The highest BCUT2D eigenvalue weighted by Gasteiger charge is 2.33.